The highest BCUT2D eigenvalue weighted by Gasteiger charge is 2.21. The number of nitrogens with one attached hydrogen (secondary N) is 1. The molecule has 6 heteroatoms. The molecule has 1 aromatic heterocycles. The van der Waals surface area contributed by atoms with Crippen LogP contribution in [-0.2, 0) is 16.6 Å². The average Bonchev–Trinajstić information content (AvgIpc) is 2.48. The smallest absolute Gasteiger partial charge is 0.265 e. The number of hydrogen-bond donors (Lipinski definition) is 1. The lowest BCUT2D eigenvalue weighted by atomic mass is 10.2. The molecule has 0 bridgehead atoms. The quantitative estimate of drug-likeness (QED) is 0.909. The summed E-state index contributed by atoms with van der Waals surface area (Å²) < 4.78 is 26.1. The second kappa shape index (κ2) is 6.02. The maximum atomic E-state index is 12.5. The van der Waals surface area contributed by atoms with E-state index in [0.717, 1.165) is 5.56 Å². The van der Waals surface area contributed by atoms with Crippen LogP contribution < -0.4 is 9.62 Å². The molecule has 0 aliphatic heterocycles. The van der Waals surface area contributed by atoms with Gasteiger partial charge in [-0.15, -0.1) is 0 Å². The first-order valence-electron chi connectivity index (χ1n) is 6.19. The van der Waals surface area contributed by atoms with Crippen molar-refractivity contribution in [3.63, 3.8) is 0 Å². The zero-order chi connectivity index (χ0) is 14.6. The highest BCUT2D eigenvalue weighted by molar-refractivity contribution is 7.92. The van der Waals surface area contributed by atoms with E-state index in [4.69, 9.17) is 0 Å². The van der Waals surface area contributed by atoms with Crippen molar-refractivity contribution in [1.29, 1.82) is 0 Å². The highest BCUT2D eigenvalue weighted by Crippen LogP contribution is 2.20. The second-order valence-corrected chi connectivity index (χ2v) is 6.30. The molecule has 1 aromatic carbocycles. The van der Waals surface area contributed by atoms with Gasteiger partial charge in [-0.2, -0.15) is 0 Å². The fourth-order valence-electron chi connectivity index (χ4n) is 1.80. The Morgan fingerprint density at radius 3 is 2.40 bits per heavy atom. The van der Waals surface area contributed by atoms with E-state index in [0.29, 0.717) is 12.4 Å². The Bertz CT molecular complexity index is 655. The number of anilines is 1. The first-order chi connectivity index (χ1) is 9.55. The first-order valence-corrected chi connectivity index (χ1v) is 7.63. The maximum Gasteiger partial charge on any atom is 0.265 e. The van der Waals surface area contributed by atoms with Crippen LogP contribution in [0.15, 0.2) is 53.6 Å². The monoisotopic (exact) mass is 291 g/mol. The molecule has 0 aliphatic carbocycles. The summed E-state index contributed by atoms with van der Waals surface area (Å²) in [7, 11) is -0.227. The van der Waals surface area contributed by atoms with E-state index in [1.54, 1.807) is 48.7 Å². The van der Waals surface area contributed by atoms with Crippen LogP contribution in [0.1, 0.15) is 5.56 Å². The van der Waals surface area contributed by atoms with E-state index in [1.165, 1.54) is 11.4 Å². The molecule has 0 saturated heterocycles. The van der Waals surface area contributed by atoms with Gasteiger partial charge in [-0.25, -0.2) is 13.4 Å². The lowest BCUT2D eigenvalue weighted by Crippen LogP contribution is -2.27. The molecule has 0 fully saturated rings. The van der Waals surface area contributed by atoms with Crippen molar-refractivity contribution in [2.75, 3.05) is 18.4 Å². The largest absolute Gasteiger partial charge is 0.316 e. The lowest BCUT2D eigenvalue weighted by molar-refractivity contribution is 0.594. The minimum absolute atomic E-state index is 0.255. The van der Waals surface area contributed by atoms with Crippen molar-refractivity contribution < 1.29 is 8.42 Å². The number of nitrogens with zero attached hydrogens (tertiary/aromatic N) is 2. The first kappa shape index (κ1) is 14.5. The summed E-state index contributed by atoms with van der Waals surface area (Å²) in [6, 6.07) is 12.0. The predicted octanol–water partition coefficient (Wildman–Crippen LogP) is 1.63. The summed E-state index contributed by atoms with van der Waals surface area (Å²) in [5.74, 6) is 0.395. The molecule has 0 aliphatic rings. The van der Waals surface area contributed by atoms with E-state index >= 15 is 0 Å². The van der Waals surface area contributed by atoms with Crippen molar-refractivity contribution in [2.24, 2.45) is 0 Å². The Balaban J connectivity index is 2.30. The third-order valence-electron chi connectivity index (χ3n) is 2.93. The summed E-state index contributed by atoms with van der Waals surface area (Å²) in [6.07, 6.45) is 1.57. The molecule has 2 aromatic rings. The van der Waals surface area contributed by atoms with Gasteiger partial charge in [0.1, 0.15) is 5.82 Å². The molecule has 0 amide bonds. The van der Waals surface area contributed by atoms with E-state index in [1.807, 2.05) is 7.05 Å². The molecule has 0 spiro atoms. The molecule has 5 nitrogen and oxygen atoms in total. The zero-order valence-corrected chi connectivity index (χ0v) is 12.3. The zero-order valence-electron chi connectivity index (χ0n) is 11.4. The minimum atomic E-state index is -3.57. The normalized spacial score (nSPS) is 11.3. The number of rotatable bonds is 5. The van der Waals surface area contributed by atoms with Gasteiger partial charge in [0.05, 0.1) is 4.90 Å². The minimum Gasteiger partial charge on any atom is -0.316 e. The van der Waals surface area contributed by atoms with Crippen LogP contribution in [0.4, 0.5) is 5.82 Å². The van der Waals surface area contributed by atoms with Crippen molar-refractivity contribution >= 4 is 15.8 Å². The van der Waals surface area contributed by atoms with Gasteiger partial charge in [-0.05, 0) is 36.9 Å². The fourth-order valence-corrected chi connectivity index (χ4v) is 2.96. The number of aromatic nitrogens is 1. The van der Waals surface area contributed by atoms with Gasteiger partial charge >= 0.3 is 0 Å². The van der Waals surface area contributed by atoms with E-state index in [-0.39, 0.29) is 4.90 Å². The molecule has 0 saturated carbocycles. The molecule has 0 unspecified atom stereocenters. The summed E-state index contributed by atoms with van der Waals surface area (Å²) in [6.45, 7) is 0.705. The highest BCUT2D eigenvalue weighted by atomic mass is 32.2. The van der Waals surface area contributed by atoms with E-state index in [9.17, 15) is 8.42 Å². The van der Waals surface area contributed by atoms with Crippen LogP contribution in [0.5, 0.6) is 0 Å². The number of benzene rings is 1. The van der Waals surface area contributed by atoms with Crippen LogP contribution in [0.3, 0.4) is 0 Å². The van der Waals surface area contributed by atoms with Crippen molar-refractivity contribution in [1.82, 2.24) is 10.3 Å². The number of pyridine rings is 1. The Kier molecular flexibility index (Phi) is 4.36. The van der Waals surface area contributed by atoms with Gasteiger partial charge in [0.25, 0.3) is 10.0 Å². The summed E-state index contributed by atoms with van der Waals surface area (Å²) in [5, 5.41) is 3.02. The molecule has 1 heterocycles. The van der Waals surface area contributed by atoms with Crippen LogP contribution in [-0.4, -0.2) is 27.5 Å². The standard InChI is InChI=1S/C14H17N3O2S/c1-15-11-12-6-8-13(9-7-12)20(18,19)17(2)14-5-3-4-10-16-14/h3-10,15H,11H2,1-2H3. The lowest BCUT2D eigenvalue weighted by Gasteiger charge is -2.18. The van der Waals surface area contributed by atoms with Gasteiger partial charge in [0, 0.05) is 19.8 Å². The van der Waals surface area contributed by atoms with Gasteiger partial charge in [-0.3, -0.25) is 4.31 Å². The summed E-state index contributed by atoms with van der Waals surface area (Å²) in [5.41, 5.74) is 1.03. The molecular formula is C14H17N3O2S. The van der Waals surface area contributed by atoms with Gasteiger partial charge in [0.2, 0.25) is 0 Å². The number of hydrogen-bond acceptors (Lipinski definition) is 4. The second-order valence-electron chi connectivity index (χ2n) is 4.33. The fraction of sp³-hybridized carbons (Fsp3) is 0.214. The van der Waals surface area contributed by atoms with E-state index in [2.05, 4.69) is 10.3 Å². The average molecular weight is 291 g/mol. The van der Waals surface area contributed by atoms with Crippen molar-refractivity contribution in [2.45, 2.75) is 11.4 Å². The topological polar surface area (TPSA) is 62.3 Å². The van der Waals surface area contributed by atoms with Crippen molar-refractivity contribution in [3.05, 3.63) is 54.2 Å². The third-order valence-corrected chi connectivity index (χ3v) is 4.71. The van der Waals surface area contributed by atoms with Crippen LogP contribution in [0.25, 0.3) is 0 Å². The Morgan fingerprint density at radius 1 is 1.15 bits per heavy atom. The van der Waals surface area contributed by atoms with Gasteiger partial charge in [-0.1, -0.05) is 18.2 Å². The molecule has 0 atom stereocenters. The van der Waals surface area contributed by atoms with Crippen molar-refractivity contribution in [3.8, 4) is 0 Å². The maximum absolute atomic E-state index is 12.5. The summed E-state index contributed by atoms with van der Waals surface area (Å²) in [4.78, 5) is 4.31. The van der Waals surface area contributed by atoms with Gasteiger partial charge < -0.3 is 5.32 Å². The van der Waals surface area contributed by atoms with Crippen LogP contribution >= 0.6 is 0 Å². The molecule has 2 rings (SSSR count). The van der Waals surface area contributed by atoms with Crippen LogP contribution in [0, 0.1) is 0 Å². The van der Waals surface area contributed by atoms with Crippen LogP contribution in [0.2, 0.25) is 0 Å². The molecule has 1 N–H and O–H groups in total. The predicted molar refractivity (Wildman–Crippen MR) is 79.0 cm³/mol. The third kappa shape index (κ3) is 2.97. The molecular weight excluding hydrogens is 274 g/mol. The number of sulfonamides is 1. The molecule has 20 heavy (non-hydrogen) atoms. The summed E-state index contributed by atoms with van der Waals surface area (Å²) >= 11 is 0. The molecule has 106 valence electrons. The van der Waals surface area contributed by atoms with Gasteiger partial charge in [0.15, 0.2) is 0 Å². The SMILES string of the molecule is CNCc1ccc(S(=O)(=O)N(C)c2ccccn2)cc1. The Morgan fingerprint density at radius 2 is 1.85 bits per heavy atom. The van der Waals surface area contributed by atoms with E-state index < -0.39 is 10.0 Å². The Labute approximate surface area is 119 Å². The molecule has 0 radical (unpaired) electrons. The Hall–Kier alpha value is -1.92.